The van der Waals surface area contributed by atoms with Crippen LogP contribution in [-0.4, -0.2) is 45.3 Å². The lowest BCUT2D eigenvalue weighted by molar-refractivity contribution is 0.102. The number of phenols is 1. The van der Waals surface area contributed by atoms with Gasteiger partial charge in [0.1, 0.15) is 5.75 Å². The van der Waals surface area contributed by atoms with Crippen LogP contribution in [0.2, 0.25) is 0 Å². The second-order valence-electron chi connectivity index (χ2n) is 4.63. The number of nitrogens with one attached hydrogen (secondary N) is 1. The van der Waals surface area contributed by atoms with Crippen molar-refractivity contribution in [2.75, 3.05) is 17.8 Å². The van der Waals surface area contributed by atoms with E-state index in [1.165, 1.54) is 24.3 Å². The number of sulfone groups is 2. The van der Waals surface area contributed by atoms with Crippen molar-refractivity contribution in [2.45, 2.75) is 9.24 Å². The zero-order chi connectivity index (χ0) is 17.4. The minimum Gasteiger partial charge on any atom is -0.507 e. The molecule has 0 aliphatic carbocycles. The number of aromatic hydroxyl groups is 1. The molecular formula is C12H12N2O6S3. The van der Waals surface area contributed by atoms with Crippen LogP contribution in [0.1, 0.15) is 10.4 Å². The Labute approximate surface area is 136 Å². The molecule has 2 rings (SSSR count). The number of hydrogen-bond donors (Lipinski definition) is 2. The van der Waals surface area contributed by atoms with Crippen LogP contribution in [0.3, 0.4) is 0 Å². The maximum atomic E-state index is 12.1. The van der Waals surface area contributed by atoms with E-state index < -0.39 is 34.8 Å². The Morgan fingerprint density at radius 1 is 1.13 bits per heavy atom. The summed E-state index contributed by atoms with van der Waals surface area (Å²) in [5.41, 5.74) is -0.0514. The number of phenolic OH excluding ortho intramolecular Hbond substituents is 1. The lowest BCUT2D eigenvalue weighted by Gasteiger charge is -2.03. The fraction of sp³-hybridized carbons (Fsp3) is 0.167. The summed E-state index contributed by atoms with van der Waals surface area (Å²) in [6, 6.07) is 5.72. The van der Waals surface area contributed by atoms with Crippen LogP contribution < -0.4 is 5.32 Å². The summed E-state index contributed by atoms with van der Waals surface area (Å²) >= 11 is 0.530. The number of rotatable bonds is 4. The largest absolute Gasteiger partial charge is 0.507 e. The Morgan fingerprint density at radius 2 is 1.74 bits per heavy atom. The molecule has 0 saturated heterocycles. The molecule has 1 aromatic carbocycles. The van der Waals surface area contributed by atoms with Crippen molar-refractivity contribution in [3.63, 3.8) is 0 Å². The van der Waals surface area contributed by atoms with Gasteiger partial charge in [0.25, 0.3) is 5.91 Å². The predicted octanol–water partition coefficient (Wildman–Crippen LogP) is 0.908. The third kappa shape index (κ3) is 3.86. The van der Waals surface area contributed by atoms with Gasteiger partial charge >= 0.3 is 0 Å². The van der Waals surface area contributed by atoms with Crippen molar-refractivity contribution in [1.82, 2.24) is 4.98 Å². The van der Waals surface area contributed by atoms with E-state index >= 15 is 0 Å². The van der Waals surface area contributed by atoms with Crippen molar-refractivity contribution in [3.8, 4) is 5.75 Å². The number of benzene rings is 1. The highest BCUT2D eigenvalue weighted by Crippen LogP contribution is 2.31. The number of anilines is 1. The predicted molar refractivity (Wildman–Crippen MR) is 84.4 cm³/mol. The Bertz CT molecular complexity index is 926. The molecule has 124 valence electrons. The maximum absolute atomic E-state index is 12.1. The number of amides is 1. The van der Waals surface area contributed by atoms with E-state index in [9.17, 15) is 26.7 Å². The lowest BCUT2D eigenvalue weighted by atomic mass is 10.2. The van der Waals surface area contributed by atoms with Gasteiger partial charge in [0.15, 0.2) is 34.0 Å². The molecule has 0 bridgehead atoms. The maximum Gasteiger partial charge on any atom is 0.261 e. The molecule has 0 fully saturated rings. The van der Waals surface area contributed by atoms with Crippen LogP contribution in [-0.2, 0) is 19.7 Å². The molecule has 1 aromatic heterocycles. The molecule has 0 atom stereocenters. The van der Waals surface area contributed by atoms with E-state index in [0.717, 1.165) is 12.5 Å². The smallest absolute Gasteiger partial charge is 0.261 e. The highest BCUT2D eigenvalue weighted by molar-refractivity contribution is 7.95. The zero-order valence-electron chi connectivity index (χ0n) is 12.0. The van der Waals surface area contributed by atoms with Crippen molar-refractivity contribution in [2.24, 2.45) is 0 Å². The van der Waals surface area contributed by atoms with Crippen molar-refractivity contribution >= 4 is 42.1 Å². The molecule has 8 nitrogen and oxygen atoms in total. The Kier molecular flexibility index (Phi) is 4.46. The summed E-state index contributed by atoms with van der Waals surface area (Å²) in [6.07, 6.45) is 1.68. The molecular weight excluding hydrogens is 364 g/mol. The van der Waals surface area contributed by atoms with Gasteiger partial charge in [-0.25, -0.2) is 21.8 Å². The molecule has 0 radical (unpaired) electrons. The van der Waals surface area contributed by atoms with Crippen molar-refractivity contribution in [3.05, 3.63) is 29.8 Å². The summed E-state index contributed by atoms with van der Waals surface area (Å²) in [7, 11) is -7.71. The van der Waals surface area contributed by atoms with Gasteiger partial charge in [-0.15, -0.1) is 0 Å². The molecule has 0 unspecified atom stereocenters. The lowest BCUT2D eigenvalue weighted by Crippen LogP contribution is -2.12. The normalized spacial score (nSPS) is 12.1. The fourth-order valence-electron chi connectivity index (χ4n) is 1.64. The standard InChI is InChI=1S/C12H12N2O6S3/c1-22(17,18)10-11(23(2,19)20)21-12(14-10)13-9(16)7-5-3-4-6-8(7)15/h3-6,15H,1-2H3,(H,13,14,16). The van der Waals surface area contributed by atoms with Gasteiger partial charge < -0.3 is 5.11 Å². The summed E-state index contributed by atoms with van der Waals surface area (Å²) in [5.74, 6) is -1.01. The second kappa shape index (κ2) is 5.91. The van der Waals surface area contributed by atoms with Gasteiger partial charge in [-0.3, -0.25) is 10.1 Å². The minimum absolute atomic E-state index is 0.0514. The van der Waals surface area contributed by atoms with Gasteiger partial charge in [0.2, 0.25) is 0 Å². The topological polar surface area (TPSA) is 130 Å². The zero-order valence-corrected chi connectivity index (χ0v) is 14.4. The molecule has 1 heterocycles. The van der Waals surface area contributed by atoms with Gasteiger partial charge in [-0.2, -0.15) is 0 Å². The van der Waals surface area contributed by atoms with Gasteiger partial charge in [0, 0.05) is 12.5 Å². The third-order valence-corrected chi connectivity index (χ3v) is 6.67. The van der Waals surface area contributed by atoms with Gasteiger partial charge in [-0.1, -0.05) is 23.5 Å². The van der Waals surface area contributed by atoms with E-state index in [1.54, 1.807) is 0 Å². The molecule has 2 N–H and O–H groups in total. The second-order valence-corrected chi connectivity index (χ2v) is 9.77. The first-order valence-corrected chi connectivity index (χ1v) is 10.6. The van der Waals surface area contributed by atoms with E-state index in [-0.39, 0.29) is 16.4 Å². The Hall–Kier alpha value is -1.98. The van der Waals surface area contributed by atoms with E-state index in [4.69, 9.17) is 0 Å². The average Bonchev–Trinajstić information content (AvgIpc) is 2.83. The first-order valence-electron chi connectivity index (χ1n) is 6.00. The number of carbonyl (C=O) groups excluding carboxylic acids is 1. The van der Waals surface area contributed by atoms with E-state index in [0.29, 0.717) is 11.3 Å². The van der Waals surface area contributed by atoms with Gasteiger partial charge in [-0.05, 0) is 12.1 Å². The van der Waals surface area contributed by atoms with Crippen LogP contribution in [0.4, 0.5) is 5.13 Å². The summed E-state index contributed by atoms with van der Waals surface area (Å²) < 4.78 is 46.2. The van der Waals surface area contributed by atoms with Crippen LogP contribution in [0.15, 0.2) is 33.5 Å². The number of nitrogens with zero attached hydrogens (tertiary/aromatic N) is 1. The molecule has 0 spiro atoms. The van der Waals surface area contributed by atoms with Crippen LogP contribution in [0.25, 0.3) is 0 Å². The van der Waals surface area contributed by atoms with Crippen molar-refractivity contribution in [1.29, 1.82) is 0 Å². The van der Waals surface area contributed by atoms with E-state index in [1.807, 2.05) is 0 Å². The first-order chi connectivity index (χ1) is 10.5. The number of hydrogen-bond acceptors (Lipinski definition) is 8. The van der Waals surface area contributed by atoms with Crippen LogP contribution in [0.5, 0.6) is 5.75 Å². The molecule has 11 heteroatoms. The van der Waals surface area contributed by atoms with Crippen LogP contribution >= 0.6 is 11.3 Å². The first kappa shape index (κ1) is 17.4. The van der Waals surface area contributed by atoms with Crippen molar-refractivity contribution < 1.29 is 26.7 Å². The molecule has 1 amide bonds. The molecule has 0 saturated carbocycles. The number of aromatic nitrogens is 1. The Balaban J connectivity index is 2.45. The number of para-hydroxylation sites is 1. The summed E-state index contributed by atoms with van der Waals surface area (Å²) in [5, 5.41) is 11.1. The number of carbonyl (C=O) groups is 1. The average molecular weight is 376 g/mol. The summed E-state index contributed by atoms with van der Waals surface area (Å²) in [4.78, 5) is 15.7. The minimum atomic E-state index is -3.88. The molecule has 23 heavy (non-hydrogen) atoms. The van der Waals surface area contributed by atoms with Crippen LogP contribution in [0, 0.1) is 0 Å². The fourth-order valence-corrected chi connectivity index (χ4v) is 5.54. The number of thiazole rings is 1. The van der Waals surface area contributed by atoms with Gasteiger partial charge in [0.05, 0.1) is 5.56 Å². The third-order valence-electron chi connectivity index (χ3n) is 2.62. The Morgan fingerprint density at radius 3 is 2.22 bits per heavy atom. The SMILES string of the molecule is CS(=O)(=O)c1nc(NC(=O)c2ccccc2O)sc1S(C)(=O)=O. The molecule has 2 aromatic rings. The van der Waals surface area contributed by atoms with E-state index in [2.05, 4.69) is 10.3 Å². The molecule has 0 aliphatic heterocycles. The monoisotopic (exact) mass is 376 g/mol. The highest BCUT2D eigenvalue weighted by Gasteiger charge is 2.27. The quantitative estimate of drug-likeness (QED) is 0.811. The highest BCUT2D eigenvalue weighted by atomic mass is 32.2. The summed E-state index contributed by atoms with van der Waals surface area (Å²) in [6.45, 7) is 0. The molecule has 0 aliphatic rings.